The molecule has 34 heavy (non-hydrogen) atoms. The van der Waals surface area contributed by atoms with E-state index >= 15 is 0 Å². The first kappa shape index (κ1) is 22.1. The van der Waals surface area contributed by atoms with Gasteiger partial charge in [0.15, 0.2) is 11.5 Å². The third-order valence-corrected chi connectivity index (χ3v) is 6.88. The molecule has 10 nitrogen and oxygen atoms in total. The smallest absolute Gasteiger partial charge is 0.407 e. The minimum Gasteiger partial charge on any atom is -0.465 e. The van der Waals surface area contributed by atoms with E-state index in [0.29, 0.717) is 24.6 Å². The molecule has 1 aliphatic heterocycles. The zero-order valence-corrected chi connectivity index (χ0v) is 19.9. The summed E-state index contributed by atoms with van der Waals surface area (Å²) in [5.74, 6) is 1.69. The monoisotopic (exact) mass is 462 g/mol. The molecule has 0 saturated carbocycles. The van der Waals surface area contributed by atoms with Crippen LogP contribution in [0.1, 0.15) is 52.0 Å². The molecule has 5 rings (SSSR count). The van der Waals surface area contributed by atoms with E-state index in [9.17, 15) is 9.90 Å². The summed E-state index contributed by atoms with van der Waals surface area (Å²) in [5.41, 5.74) is 3.25. The number of hydrogen-bond donors (Lipinski definition) is 3. The van der Waals surface area contributed by atoms with Gasteiger partial charge in [0.1, 0.15) is 17.7 Å². The predicted molar refractivity (Wildman–Crippen MR) is 130 cm³/mol. The van der Waals surface area contributed by atoms with Crippen LogP contribution in [0.4, 0.5) is 10.6 Å². The number of para-hydroxylation sites is 2. The number of amides is 1. The summed E-state index contributed by atoms with van der Waals surface area (Å²) in [6.07, 6.45) is 2.98. The summed E-state index contributed by atoms with van der Waals surface area (Å²) < 4.78 is 2.33. The second-order valence-corrected chi connectivity index (χ2v) is 10.1. The van der Waals surface area contributed by atoms with Crippen molar-refractivity contribution < 1.29 is 9.90 Å². The SMILES string of the molecule is CC(Nc1ncnc2nc[nH]c12)c1nc2ccccc2n1C1CCN(C(=O)O)CC1C(C)(C)C. The van der Waals surface area contributed by atoms with Gasteiger partial charge in [0, 0.05) is 25.0 Å². The van der Waals surface area contributed by atoms with E-state index in [0.717, 1.165) is 28.8 Å². The van der Waals surface area contributed by atoms with E-state index in [1.807, 2.05) is 18.2 Å². The normalized spacial score (nSPS) is 20.1. The molecule has 10 heteroatoms. The molecule has 1 fully saturated rings. The van der Waals surface area contributed by atoms with Crippen LogP contribution in [0, 0.1) is 11.3 Å². The van der Waals surface area contributed by atoms with E-state index in [-0.39, 0.29) is 23.4 Å². The van der Waals surface area contributed by atoms with E-state index < -0.39 is 6.09 Å². The van der Waals surface area contributed by atoms with Gasteiger partial charge in [-0.3, -0.25) is 0 Å². The van der Waals surface area contributed by atoms with Crippen molar-refractivity contribution in [3.8, 4) is 0 Å². The summed E-state index contributed by atoms with van der Waals surface area (Å²) >= 11 is 0. The molecule has 0 bridgehead atoms. The number of H-pyrrole nitrogens is 1. The van der Waals surface area contributed by atoms with Crippen LogP contribution in [0.15, 0.2) is 36.9 Å². The topological polar surface area (TPSA) is 125 Å². The molecule has 3 unspecified atom stereocenters. The Bertz CT molecular complexity index is 1340. The number of anilines is 1. The van der Waals surface area contributed by atoms with Crippen LogP contribution in [-0.2, 0) is 0 Å². The van der Waals surface area contributed by atoms with Gasteiger partial charge in [-0.15, -0.1) is 0 Å². The van der Waals surface area contributed by atoms with Crippen molar-refractivity contribution in [1.29, 1.82) is 0 Å². The Balaban J connectivity index is 1.58. The summed E-state index contributed by atoms with van der Waals surface area (Å²) in [7, 11) is 0. The van der Waals surface area contributed by atoms with Gasteiger partial charge in [0.2, 0.25) is 0 Å². The van der Waals surface area contributed by atoms with Crippen molar-refractivity contribution in [2.24, 2.45) is 11.3 Å². The highest BCUT2D eigenvalue weighted by atomic mass is 16.4. The van der Waals surface area contributed by atoms with Crippen LogP contribution < -0.4 is 5.32 Å². The fraction of sp³-hybridized carbons (Fsp3) is 0.458. The van der Waals surface area contributed by atoms with Gasteiger partial charge >= 0.3 is 6.09 Å². The maximum atomic E-state index is 11.8. The van der Waals surface area contributed by atoms with Crippen molar-refractivity contribution in [3.05, 3.63) is 42.7 Å². The number of aromatic nitrogens is 6. The molecule has 0 aliphatic carbocycles. The Morgan fingerprint density at radius 2 is 2.03 bits per heavy atom. The van der Waals surface area contributed by atoms with Gasteiger partial charge < -0.3 is 24.9 Å². The summed E-state index contributed by atoms with van der Waals surface area (Å²) in [6, 6.07) is 8.10. The maximum absolute atomic E-state index is 11.8. The van der Waals surface area contributed by atoms with E-state index in [4.69, 9.17) is 4.98 Å². The quantitative estimate of drug-likeness (QED) is 0.409. The largest absolute Gasteiger partial charge is 0.465 e. The lowest BCUT2D eigenvalue weighted by Gasteiger charge is -2.45. The highest BCUT2D eigenvalue weighted by Crippen LogP contribution is 2.43. The van der Waals surface area contributed by atoms with Crippen molar-refractivity contribution in [2.45, 2.75) is 46.2 Å². The van der Waals surface area contributed by atoms with Crippen LogP contribution in [-0.4, -0.2) is 58.7 Å². The Morgan fingerprint density at radius 1 is 1.24 bits per heavy atom. The Labute approximate surface area is 197 Å². The number of piperidine rings is 1. The van der Waals surface area contributed by atoms with Gasteiger partial charge in [-0.2, -0.15) is 0 Å². The summed E-state index contributed by atoms with van der Waals surface area (Å²) in [5, 5.41) is 13.2. The number of carboxylic acid groups (broad SMARTS) is 1. The van der Waals surface area contributed by atoms with Crippen molar-refractivity contribution in [3.63, 3.8) is 0 Å². The summed E-state index contributed by atoms with van der Waals surface area (Å²) in [6.45, 7) is 9.63. The third-order valence-electron chi connectivity index (χ3n) is 6.88. The van der Waals surface area contributed by atoms with Crippen LogP contribution in [0.5, 0.6) is 0 Å². The van der Waals surface area contributed by atoms with E-state index in [1.165, 1.54) is 6.33 Å². The molecule has 0 radical (unpaired) electrons. The lowest BCUT2D eigenvalue weighted by Crippen LogP contribution is -2.48. The molecule has 4 aromatic rings. The average molecular weight is 463 g/mol. The number of nitrogens with one attached hydrogen (secondary N) is 2. The predicted octanol–water partition coefficient (Wildman–Crippen LogP) is 4.46. The minimum atomic E-state index is -0.856. The number of hydrogen-bond acceptors (Lipinski definition) is 6. The first-order valence-electron chi connectivity index (χ1n) is 11.6. The molecule has 4 heterocycles. The van der Waals surface area contributed by atoms with Gasteiger partial charge in [0.05, 0.1) is 23.4 Å². The molecule has 3 N–H and O–H groups in total. The molecule has 3 atom stereocenters. The highest BCUT2D eigenvalue weighted by Gasteiger charge is 2.41. The lowest BCUT2D eigenvalue weighted by atomic mass is 9.73. The lowest BCUT2D eigenvalue weighted by molar-refractivity contribution is 0.0512. The van der Waals surface area contributed by atoms with E-state index in [1.54, 1.807) is 11.2 Å². The number of imidazole rings is 2. The van der Waals surface area contributed by atoms with E-state index in [2.05, 4.69) is 63.6 Å². The average Bonchev–Trinajstić information content (AvgIpc) is 3.43. The minimum absolute atomic E-state index is 0.0904. The fourth-order valence-corrected chi connectivity index (χ4v) is 5.13. The zero-order valence-electron chi connectivity index (χ0n) is 19.9. The maximum Gasteiger partial charge on any atom is 0.407 e. The standard InChI is InChI=1S/C24H30N8O2/c1-14(29-21-19-20(26-12-25-19)27-13-28-21)22-30-16-7-5-6-8-18(16)32(22)17-9-10-31(23(33)34)11-15(17)24(2,3)4/h5-8,12-15,17H,9-11H2,1-4H3,(H,33,34)(H2,25,26,27,28,29). The molecule has 0 spiro atoms. The molecular weight excluding hydrogens is 432 g/mol. The van der Waals surface area contributed by atoms with Crippen molar-refractivity contribution in [1.82, 2.24) is 34.4 Å². The number of likely N-dealkylation sites (tertiary alicyclic amines) is 1. The number of carbonyl (C=O) groups is 1. The first-order chi connectivity index (χ1) is 16.2. The van der Waals surface area contributed by atoms with Crippen molar-refractivity contribution in [2.75, 3.05) is 18.4 Å². The van der Waals surface area contributed by atoms with Gasteiger partial charge in [0.25, 0.3) is 0 Å². The number of fused-ring (bicyclic) bond motifs is 2. The number of benzene rings is 1. The fourth-order valence-electron chi connectivity index (χ4n) is 5.13. The van der Waals surface area contributed by atoms with Crippen LogP contribution in [0.25, 0.3) is 22.2 Å². The Kier molecular flexibility index (Phi) is 5.38. The molecular formula is C24H30N8O2. The second-order valence-electron chi connectivity index (χ2n) is 10.1. The zero-order chi connectivity index (χ0) is 24.0. The number of nitrogens with zero attached hydrogens (tertiary/aromatic N) is 6. The molecule has 1 aromatic carbocycles. The van der Waals surface area contributed by atoms with Crippen LogP contribution in [0.3, 0.4) is 0 Å². The molecule has 1 saturated heterocycles. The first-order valence-corrected chi connectivity index (χ1v) is 11.6. The molecule has 178 valence electrons. The molecule has 1 aliphatic rings. The Morgan fingerprint density at radius 3 is 2.79 bits per heavy atom. The van der Waals surface area contributed by atoms with Crippen LogP contribution in [0.2, 0.25) is 0 Å². The van der Waals surface area contributed by atoms with Crippen LogP contribution >= 0.6 is 0 Å². The highest BCUT2D eigenvalue weighted by molar-refractivity contribution is 5.82. The third kappa shape index (κ3) is 3.82. The second kappa shape index (κ2) is 8.27. The van der Waals surface area contributed by atoms with Gasteiger partial charge in [-0.1, -0.05) is 32.9 Å². The molecule has 1 amide bonds. The molecule has 3 aromatic heterocycles. The number of aromatic amines is 1. The Hall–Kier alpha value is -3.69. The number of rotatable bonds is 4. The van der Waals surface area contributed by atoms with Gasteiger partial charge in [-0.05, 0) is 30.9 Å². The van der Waals surface area contributed by atoms with Gasteiger partial charge in [-0.25, -0.2) is 24.7 Å². The van der Waals surface area contributed by atoms with Crippen molar-refractivity contribution >= 4 is 34.1 Å². The summed E-state index contributed by atoms with van der Waals surface area (Å²) in [4.78, 5) is 34.3.